The Morgan fingerprint density at radius 1 is 1.42 bits per heavy atom. The van der Waals surface area contributed by atoms with Crippen LogP contribution in [0.15, 0.2) is 34.2 Å². The minimum absolute atomic E-state index is 0.0196. The third-order valence-corrected chi connectivity index (χ3v) is 4.48. The third kappa shape index (κ3) is 2.77. The number of fused-ring (bicyclic) bond motifs is 1. The molecule has 26 heavy (non-hydrogen) atoms. The predicted octanol–water partition coefficient (Wildman–Crippen LogP) is 0.338. The first kappa shape index (κ1) is 16.5. The van der Waals surface area contributed by atoms with Crippen molar-refractivity contribution in [1.82, 2.24) is 24.6 Å². The van der Waals surface area contributed by atoms with Gasteiger partial charge in [0.15, 0.2) is 11.3 Å². The predicted molar refractivity (Wildman–Crippen MR) is 92.2 cm³/mol. The Hall–Kier alpha value is -3.01. The molecule has 9 nitrogen and oxygen atoms in total. The van der Waals surface area contributed by atoms with Gasteiger partial charge in [-0.2, -0.15) is 5.10 Å². The van der Waals surface area contributed by atoms with Crippen LogP contribution in [0.4, 0.5) is 10.1 Å². The van der Waals surface area contributed by atoms with Crippen molar-refractivity contribution in [3.05, 3.63) is 45.5 Å². The van der Waals surface area contributed by atoms with E-state index in [1.54, 1.807) is 18.5 Å². The van der Waals surface area contributed by atoms with Gasteiger partial charge in [0.1, 0.15) is 5.69 Å². The van der Waals surface area contributed by atoms with Gasteiger partial charge >= 0.3 is 5.69 Å². The lowest BCUT2D eigenvalue weighted by Crippen LogP contribution is -2.33. The van der Waals surface area contributed by atoms with Crippen molar-refractivity contribution < 1.29 is 9.13 Å². The van der Waals surface area contributed by atoms with Crippen LogP contribution in [0.1, 0.15) is 6.42 Å². The van der Waals surface area contributed by atoms with E-state index in [0.717, 1.165) is 0 Å². The monoisotopic (exact) mass is 360 g/mol. The molecule has 1 aliphatic heterocycles. The van der Waals surface area contributed by atoms with Gasteiger partial charge in [-0.3, -0.25) is 9.78 Å². The maximum atomic E-state index is 14.8. The summed E-state index contributed by atoms with van der Waals surface area (Å²) in [6.07, 6.45) is 4.88. The van der Waals surface area contributed by atoms with Crippen molar-refractivity contribution in [2.75, 3.05) is 31.7 Å². The number of hydrogen-bond donors (Lipinski definition) is 2. The van der Waals surface area contributed by atoms with Gasteiger partial charge in [-0.1, -0.05) is 0 Å². The molecule has 4 heterocycles. The Balaban J connectivity index is 1.81. The molecule has 3 aromatic rings. The number of H-pyrrole nitrogens is 2. The zero-order valence-electron chi connectivity index (χ0n) is 14.0. The molecule has 1 saturated heterocycles. The first-order valence-corrected chi connectivity index (χ1v) is 8.09. The molecule has 0 aliphatic carbocycles. The molecular formula is C16H17FN6O3. The van der Waals surface area contributed by atoms with E-state index >= 15 is 0 Å². The van der Waals surface area contributed by atoms with Gasteiger partial charge in [-0.15, -0.1) is 0 Å². The maximum Gasteiger partial charge on any atom is 0.325 e. The molecular weight excluding hydrogens is 343 g/mol. The van der Waals surface area contributed by atoms with Gasteiger partial charge in [0.25, 0.3) is 5.56 Å². The average molecular weight is 360 g/mol. The molecule has 136 valence electrons. The Bertz CT molecular complexity index is 1070. The van der Waals surface area contributed by atoms with Crippen molar-refractivity contribution >= 4 is 11.3 Å². The molecule has 1 fully saturated rings. The molecule has 0 bridgehead atoms. The number of imidazole rings is 1. The SMILES string of the molecule is COCC1(F)CCN(c2cc(-c3c[nH]c(=O)[nH]c3=O)nn3ccnc23)C1. The highest BCUT2D eigenvalue weighted by atomic mass is 19.1. The molecule has 10 heteroatoms. The van der Waals surface area contributed by atoms with Gasteiger partial charge in [0.05, 0.1) is 24.4 Å². The lowest BCUT2D eigenvalue weighted by Gasteiger charge is -2.22. The molecule has 0 radical (unpaired) electrons. The number of nitrogens with one attached hydrogen (secondary N) is 2. The largest absolute Gasteiger partial charge is 0.381 e. The average Bonchev–Trinajstić information content (AvgIpc) is 3.21. The van der Waals surface area contributed by atoms with Crippen LogP contribution in [0.5, 0.6) is 0 Å². The van der Waals surface area contributed by atoms with E-state index in [4.69, 9.17) is 4.74 Å². The highest BCUT2D eigenvalue weighted by molar-refractivity contribution is 5.74. The lowest BCUT2D eigenvalue weighted by atomic mass is 10.1. The fraction of sp³-hybridized carbons (Fsp3) is 0.375. The van der Waals surface area contributed by atoms with Gasteiger partial charge in [0.2, 0.25) is 0 Å². The number of aromatic amines is 2. The fourth-order valence-corrected chi connectivity index (χ4v) is 3.28. The van der Waals surface area contributed by atoms with E-state index in [2.05, 4.69) is 20.1 Å². The maximum absolute atomic E-state index is 14.8. The molecule has 1 atom stereocenters. The van der Waals surface area contributed by atoms with E-state index in [1.807, 2.05) is 4.90 Å². The van der Waals surface area contributed by atoms with Gasteiger partial charge < -0.3 is 14.6 Å². The van der Waals surface area contributed by atoms with Crippen molar-refractivity contribution in [2.24, 2.45) is 0 Å². The third-order valence-electron chi connectivity index (χ3n) is 4.48. The number of halogens is 1. The molecule has 0 spiro atoms. The Morgan fingerprint density at radius 2 is 2.27 bits per heavy atom. The van der Waals surface area contributed by atoms with Crippen LogP contribution in [0.3, 0.4) is 0 Å². The normalized spacial score (nSPS) is 20.2. The minimum Gasteiger partial charge on any atom is -0.381 e. The highest BCUT2D eigenvalue weighted by Crippen LogP contribution is 2.33. The Morgan fingerprint density at radius 3 is 3.04 bits per heavy atom. The number of nitrogens with zero attached hydrogens (tertiary/aromatic N) is 4. The minimum atomic E-state index is -1.43. The second kappa shape index (κ2) is 6.06. The van der Waals surface area contributed by atoms with Crippen LogP contribution in [-0.2, 0) is 4.74 Å². The number of anilines is 1. The zero-order valence-corrected chi connectivity index (χ0v) is 14.0. The van der Waals surface area contributed by atoms with Crippen molar-refractivity contribution in [1.29, 1.82) is 0 Å². The van der Waals surface area contributed by atoms with Crippen molar-refractivity contribution in [3.63, 3.8) is 0 Å². The zero-order chi connectivity index (χ0) is 18.3. The number of aromatic nitrogens is 5. The van der Waals surface area contributed by atoms with E-state index in [-0.39, 0.29) is 18.7 Å². The second-order valence-electron chi connectivity index (χ2n) is 6.35. The summed E-state index contributed by atoms with van der Waals surface area (Å²) in [4.78, 5) is 34.1. The second-order valence-corrected chi connectivity index (χ2v) is 6.35. The van der Waals surface area contributed by atoms with Crippen LogP contribution in [-0.4, -0.2) is 57.0 Å². The number of alkyl halides is 1. The van der Waals surface area contributed by atoms with Crippen molar-refractivity contribution in [3.8, 4) is 11.3 Å². The van der Waals surface area contributed by atoms with Gasteiger partial charge in [-0.05, 0) is 6.07 Å². The topological polar surface area (TPSA) is 108 Å². The Labute approximate surface area is 146 Å². The summed E-state index contributed by atoms with van der Waals surface area (Å²) in [5.74, 6) is 0. The molecule has 0 saturated carbocycles. The number of methoxy groups -OCH3 is 1. The molecule has 0 aromatic carbocycles. The van der Waals surface area contributed by atoms with Crippen LogP contribution in [0.2, 0.25) is 0 Å². The lowest BCUT2D eigenvalue weighted by molar-refractivity contribution is 0.0571. The number of ether oxygens (including phenoxy) is 1. The van der Waals surface area contributed by atoms with E-state index in [0.29, 0.717) is 30.0 Å². The van der Waals surface area contributed by atoms with Gasteiger partial charge in [0, 0.05) is 38.7 Å². The van der Waals surface area contributed by atoms with Gasteiger partial charge in [-0.25, -0.2) is 18.7 Å². The molecule has 3 aromatic heterocycles. The number of hydrogen-bond acceptors (Lipinski definition) is 6. The first-order valence-electron chi connectivity index (χ1n) is 8.09. The smallest absolute Gasteiger partial charge is 0.325 e. The number of rotatable bonds is 4. The summed E-state index contributed by atoms with van der Waals surface area (Å²) in [5.41, 5.74) is -0.777. The van der Waals surface area contributed by atoms with E-state index in [1.165, 1.54) is 17.8 Å². The molecule has 1 aliphatic rings. The molecule has 0 amide bonds. The summed E-state index contributed by atoms with van der Waals surface area (Å²) in [7, 11) is 1.48. The highest BCUT2D eigenvalue weighted by Gasteiger charge is 2.39. The summed E-state index contributed by atoms with van der Waals surface area (Å²) in [6, 6.07) is 1.68. The van der Waals surface area contributed by atoms with Crippen LogP contribution >= 0.6 is 0 Å². The molecule has 1 unspecified atom stereocenters. The summed E-state index contributed by atoms with van der Waals surface area (Å²) < 4.78 is 21.3. The summed E-state index contributed by atoms with van der Waals surface area (Å²) >= 11 is 0. The summed E-state index contributed by atoms with van der Waals surface area (Å²) in [5, 5.41) is 4.37. The molecule has 2 N–H and O–H groups in total. The first-order chi connectivity index (χ1) is 12.5. The van der Waals surface area contributed by atoms with Crippen LogP contribution in [0, 0.1) is 0 Å². The van der Waals surface area contributed by atoms with Crippen LogP contribution in [0.25, 0.3) is 16.9 Å². The summed E-state index contributed by atoms with van der Waals surface area (Å²) in [6.45, 7) is 0.675. The Kier molecular flexibility index (Phi) is 3.83. The standard InChI is InChI=1S/C16H17FN6O3/c1-26-9-16(17)2-4-22(8-16)12-6-11(21-23-5-3-18-13(12)23)10-7-19-15(25)20-14(10)24/h3,5-7H,2,4,8-9H2,1H3,(H2,19,20,24,25). The van der Waals surface area contributed by atoms with E-state index in [9.17, 15) is 14.0 Å². The van der Waals surface area contributed by atoms with E-state index < -0.39 is 16.9 Å². The fourth-order valence-electron chi connectivity index (χ4n) is 3.28. The van der Waals surface area contributed by atoms with Crippen molar-refractivity contribution in [2.45, 2.75) is 12.1 Å². The molecule has 4 rings (SSSR count). The quantitative estimate of drug-likeness (QED) is 0.694. The van der Waals surface area contributed by atoms with Crippen LogP contribution < -0.4 is 16.1 Å².